The van der Waals surface area contributed by atoms with Crippen LogP contribution in [0.25, 0.3) is 0 Å². The Morgan fingerprint density at radius 2 is 2.00 bits per heavy atom. The summed E-state index contributed by atoms with van der Waals surface area (Å²) < 4.78 is 0. The maximum Gasteiger partial charge on any atom is 0.255 e. The number of hydrogen-bond acceptors (Lipinski definition) is 3. The van der Waals surface area contributed by atoms with Gasteiger partial charge in [-0.05, 0) is 44.2 Å². The minimum atomic E-state index is 0.127. The first-order valence-electron chi connectivity index (χ1n) is 9.77. The van der Waals surface area contributed by atoms with Gasteiger partial charge in [0.05, 0.1) is 17.4 Å². The van der Waals surface area contributed by atoms with E-state index in [1.54, 1.807) is 6.20 Å². The molecular formula is C22H29N3O. The Bertz CT molecular complexity index is 716. The van der Waals surface area contributed by atoms with Crippen molar-refractivity contribution in [2.45, 2.75) is 52.1 Å². The predicted molar refractivity (Wildman–Crippen MR) is 106 cm³/mol. The molecule has 26 heavy (non-hydrogen) atoms. The summed E-state index contributed by atoms with van der Waals surface area (Å²) >= 11 is 0. The second-order valence-electron chi connectivity index (χ2n) is 6.99. The molecule has 0 radical (unpaired) electrons. The van der Waals surface area contributed by atoms with Crippen LogP contribution in [-0.2, 0) is 6.54 Å². The fourth-order valence-electron chi connectivity index (χ4n) is 3.77. The van der Waals surface area contributed by atoms with Crippen molar-refractivity contribution < 1.29 is 4.79 Å². The first kappa shape index (κ1) is 18.4. The second-order valence-corrected chi connectivity index (χ2v) is 6.99. The van der Waals surface area contributed by atoms with Crippen molar-refractivity contribution >= 4 is 11.6 Å². The van der Waals surface area contributed by atoms with E-state index in [1.165, 1.54) is 12.0 Å². The van der Waals surface area contributed by atoms with E-state index in [0.29, 0.717) is 11.6 Å². The van der Waals surface area contributed by atoms with Gasteiger partial charge in [0.1, 0.15) is 0 Å². The normalized spacial score (nSPS) is 17.2. The maximum atomic E-state index is 13.1. The van der Waals surface area contributed by atoms with Gasteiger partial charge in [-0.3, -0.25) is 9.78 Å². The van der Waals surface area contributed by atoms with Crippen LogP contribution in [0.15, 0.2) is 48.8 Å². The van der Waals surface area contributed by atoms with Gasteiger partial charge in [0, 0.05) is 31.9 Å². The third kappa shape index (κ3) is 4.24. The number of pyridine rings is 1. The van der Waals surface area contributed by atoms with Crippen molar-refractivity contribution in [3.63, 3.8) is 0 Å². The number of carbonyl (C=O) groups excluding carboxylic acids is 1. The summed E-state index contributed by atoms with van der Waals surface area (Å²) in [5, 5.41) is 0. The molecule has 0 bridgehead atoms. The lowest BCUT2D eigenvalue weighted by molar-refractivity contribution is 0.0607. The molecule has 2 aromatic rings. The summed E-state index contributed by atoms with van der Waals surface area (Å²) in [5.74, 6) is 0.127. The minimum Gasteiger partial charge on any atom is -0.366 e. The van der Waals surface area contributed by atoms with E-state index in [0.717, 1.165) is 44.6 Å². The number of hydrogen-bond donors (Lipinski definition) is 0. The highest BCUT2D eigenvalue weighted by Gasteiger charge is 2.26. The number of amides is 1. The summed E-state index contributed by atoms with van der Waals surface area (Å²) in [5.41, 5.74) is 2.97. The molecule has 1 unspecified atom stereocenters. The highest BCUT2D eigenvalue weighted by atomic mass is 16.2. The Labute approximate surface area is 156 Å². The molecule has 0 aliphatic carbocycles. The van der Waals surface area contributed by atoms with Crippen LogP contribution in [0.3, 0.4) is 0 Å². The number of likely N-dealkylation sites (tertiary alicyclic amines) is 1. The van der Waals surface area contributed by atoms with Crippen LogP contribution in [0.2, 0.25) is 0 Å². The lowest BCUT2D eigenvalue weighted by Crippen LogP contribution is -2.43. The summed E-state index contributed by atoms with van der Waals surface area (Å²) in [4.78, 5) is 21.7. The lowest BCUT2D eigenvalue weighted by atomic mass is 9.99. The Balaban J connectivity index is 1.79. The van der Waals surface area contributed by atoms with Crippen molar-refractivity contribution in [2.24, 2.45) is 0 Å². The molecule has 1 aromatic heterocycles. The third-order valence-corrected chi connectivity index (χ3v) is 5.29. The molecule has 0 saturated carbocycles. The van der Waals surface area contributed by atoms with Crippen LogP contribution in [0.5, 0.6) is 0 Å². The van der Waals surface area contributed by atoms with Crippen LogP contribution in [-0.4, -0.2) is 34.9 Å². The van der Waals surface area contributed by atoms with Crippen LogP contribution in [0.1, 0.15) is 55.5 Å². The lowest BCUT2D eigenvalue weighted by Gasteiger charge is -2.35. The molecule has 0 N–H and O–H groups in total. The summed E-state index contributed by atoms with van der Waals surface area (Å²) in [6.07, 6.45) is 8.03. The number of carbonyl (C=O) groups is 1. The molecule has 3 rings (SSSR count). The standard InChI is InChI=1S/C22H29N3O/c1-3-20-12-8-9-13-25(20)22(26)19-14-21(16-23-15-19)24(4-2)17-18-10-6-5-7-11-18/h5-7,10-11,14-16,20H,3-4,8-9,12-13,17H2,1-2H3. The zero-order valence-corrected chi connectivity index (χ0v) is 15.9. The average Bonchev–Trinajstić information content (AvgIpc) is 2.72. The molecule has 138 valence electrons. The van der Waals surface area contributed by atoms with Gasteiger partial charge in [0.25, 0.3) is 5.91 Å². The van der Waals surface area contributed by atoms with E-state index in [1.807, 2.05) is 18.3 Å². The monoisotopic (exact) mass is 351 g/mol. The molecule has 1 aromatic carbocycles. The minimum absolute atomic E-state index is 0.127. The van der Waals surface area contributed by atoms with E-state index >= 15 is 0 Å². The fraction of sp³-hybridized carbons (Fsp3) is 0.455. The molecule has 1 atom stereocenters. The highest BCUT2D eigenvalue weighted by molar-refractivity contribution is 5.95. The zero-order chi connectivity index (χ0) is 18.4. The molecule has 1 aliphatic heterocycles. The number of piperidine rings is 1. The summed E-state index contributed by atoms with van der Waals surface area (Å²) in [6.45, 7) is 6.86. The second kappa shape index (κ2) is 8.84. The highest BCUT2D eigenvalue weighted by Crippen LogP contribution is 2.23. The number of aromatic nitrogens is 1. The van der Waals surface area contributed by atoms with Gasteiger partial charge < -0.3 is 9.80 Å². The predicted octanol–water partition coefficient (Wildman–Crippen LogP) is 4.51. The smallest absolute Gasteiger partial charge is 0.255 e. The van der Waals surface area contributed by atoms with Gasteiger partial charge in [-0.25, -0.2) is 0 Å². The molecule has 2 heterocycles. The van der Waals surface area contributed by atoms with Gasteiger partial charge in [0.2, 0.25) is 0 Å². The van der Waals surface area contributed by atoms with Crippen LogP contribution >= 0.6 is 0 Å². The average molecular weight is 351 g/mol. The Morgan fingerprint density at radius 1 is 1.19 bits per heavy atom. The van der Waals surface area contributed by atoms with Crippen LogP contribution < -0.4 is 4.90 Å². The number of nitrogens with zero attached hydrogens (tertiary/aromatic N) is 3. The van der Waals surface area contributed by atoms with E-state index in [-0.39, 0.29) is 5.91 Å². The van der Waals surface area contributed by atoms with E-state index in [4.69, 9.17) is 0 Å². The number of benzene rings is 1. The van der Waals surface area contributed by atoms with Gasteiger partial charge in [-0.2, -0.15) is 0 Å². The van der Waals surface area contributed by atoms with Crippen LogP contribution in [0.4, 0.5) is 5.69 Å². The van der Waals surface area contributed by atoms with Gasteiger partial charge in [-0.15, -0.1) is 0 Å². The topological polar surface area (TPSA) is 36.4 Å². The Hall–Kier alpha value is -2.36. The SMILES string of the molecule is CCC1CCCCN1C(=O)c1cncc(N(CC)Cc2ccccc2)c1. The summed E-state index contributed by atoms with van der Waals surface area (Å²) in [6, 6.07) is 12.8. The molecule has 0 spiro atoms. The molecule has 1 aliphatic rings. The first-order valence-corrected chi connectivity index (χ1v) is 9.77. The first-order chi connectivity index (χ1) is 12.7. The molecular weight excluding hydrogens is 322 g/mol. The van der Waals surface area contributed by atoms with Crippen molar-refractivity contribution in [1.29, 1.82) is 0 Å². The molecule has 1 fully saturated rings. The van der Waals surface area contributed by atoms with Crippen molar-refractivity contribution in [3.8, 4) is 0 Å². The maximum absolute atomic E-state index is 13.1. The number of rotatable bonds is 6. The third-order valence-electron chi connectivity index (χ3n) is 5.29. The molecule has 4 nitrogen and oxygen atoms in total. The van der Waals surface area contributed by atoms with Crippen molar-refractivity contribution in [3.05, 3.63) is 59.9 Å². The molecule has 1 amide bonds. The van der Waals surface area contributed by atoms with Crippen molar-refractivity contribution in [2.75, 3.05) is 18.0 Å². The largest absolute Gasteiger partial charge is 0.366 e. The van der Waals surface area contributed by atoms with E-state index in [2.05, 4.69) is 52.9 Å². The molecule has 4 heteroatoms. The fourth-order valence-corrected chi connectivity index (χ4v) is 3.77. The Morgan fingerprint density at radius 3 is 2.73 bits per heavy atom. The van der Waals surface area contributed by atoms with Crippen molar-refractivity contribution in [1.82, 2.24) is 9.88 Å². The van der Waals surface area contributed by atoms with E-state index in [9.17, 15) is 4.79 Å². The van der Waals surface area contributed by atoms with Gasteiger partial charge in [0.15, 0.2) is 0 Å². The Kier molecular flexibility index (Phi) is 6.26. The quantitative estimate of drug-likeness (QED) is 0.768. The van der Waals surface area contributed by atoms with Gasteiger partial charge >= 0.3 is 0 Å². The molecule has 1 saturated heterocycles. The number of anilines is 1. The summed E-state index contributed by atoms with van der Waals surface area (Å²) in [7, 11) is 0. The van der Waals surface area contributed by atoms with E-state index < -0.39 is 0 Å². The zero-order valence-electron chi connectivity index (χ0n) is 15.9. The van der Waals surface area contributed by atoms with Gasteiger partial charge in [-0.1, -0.05) is 37.3 Å². The van der Waals surface area contributed by atoms with Crippen LogP contribution in [0, 0.1) is 0 Å².